The van der Waals surface area contributed by atoms with Crippen molar-refractivity contribution in [1.29, 1.82) is 0 Å². The number of quaternary nitrogens is 1. The first-order valence-electron chi connectivity index (χ1n) is 41.1. The highest BCUT2D eigenvalue weighted by molar-refractivity contribution is 5.71. The molecule has 9 nitrogen and oxygen atoms in total. The molecule has 2 unspecified atom stereocenters. The van der Waals surface area contributed by atoms with Crippen molar-refractivity contribution in [2.24, 2.45) is 0 Å². The molecule has 0 aromatic heterocycles. The third-order valence-corrected chi connectivity index (χ3v) is 18.0. The Kier molecular flexibility index (Phi) is 74.4. The first-order valence-corrected chi connectivity index (χ1v) is 41.1. The number of esters is 2. The normalized spacial score (nSPS) is 13.2. The van der Waals surface area contributed by atoms with E-state index in [0.717, 1.165) is 89.9 Å². The van der Waals surface area contributed by atoms with Gasteiger partial charge in [0.15, 0.2) is 6.10 Å². The summed E-state index contributed by atoms with van der Waals surface area (Å²) in [5, 5.41) is 9.78. The van der Waals surface area contributed by atoms with Crippen LogP contribution in [0, 0.1) is 0 Å². The number of ether oxygens (including phenoxy) is 4. The summed E-state index contributed by atoms with van der Waals surface area (Å²) >= 11 is 0. The highest BCUT2D eigenvalue weighted by Gasteiger charge is 2.25. The number of hydrogen-bond donors (Lipinski definition) is 1. The van der Waals surface area contributed by atoms with E-state index in [0.29, 0.717) is 17.4 Å². The van der Waals surface area contributed by atoms with Crippen molar-refractivity contribution >= 4 is 17.9 Å². The molecule has 0 saturated heterocycles. The van der Waals surface area contributed by atoms with E-state index in [2.05, 4.69) is 123 Å². The van der Waals surface area contributed by atoms with Crippen LogP contribution in [-0.4, -0.2) is 87.4 Å². The second-order valence-corrected chi connectivity index (χ2v) is 28.7. The van der Waals surface area contributed by atoms with E-state index in [1.54, 1.807) is 0 Å². The molecule has 9 heteroatoms. The Hall–Kier alpha value is -4.05. The third kappa shape index (κ3) is 79.2. The molecule has 0 saturated carbocycles. The highest BCUT2D eigenvalue weighted by atomic mass is 16.7. The molecule has 0 radical (unpaired) electrons. The average molecular weight is 1360 g/mol. The largest absolute Gasteiger partial charge is 0.477 e. The zero-order valence-corrected chi connectivity index (χ0v) is 64.2. The van der Waals surface area contributed by atoms with E-state index in [4.69, 9.17) is 18.9 Å². The average Bonchev–Trinajstić information content (AvgIpc) is 2.59. The van der Waals surface area contributed by atoms with Crippen molar-refractivity contribution in [2.45, 2.75) is 386 Å². The maximum Gasteiger partial charge on any atom is 0.361 e. The van der Waals surface area contributed by atoms with Gasteiger partial charge in [-0.2, -0.15) is 0 Å². The van der Waals surface area contributed by atoms with Crippen molar-refractivity contribution in [1.82, 2.24) is 0 Å². The maximum atomic E-state index is 13.0. The monoisotopic (exact) mass is 1360 g/mol. The van der Waals surface area contributed by atoms with Gasteiger partial charge in [-0.25, -0.2) is 4.79 Å². The fourth-order valence-corrected chi connectivity index (χ4v) is 11.8. The second kappa shape index (κ2) is 77.7. The van der Waals surface area contributed by atoms with Gasteiger partial charge >= 0.3 is 17.9 Å². The number of likely N-dealkylation sites (N-methyl/N-ethyl adjacent to an activating group) is 1. The molecule has 0 rings (SSSR count). The smallest absolute Gasteiger partial charge is 0.361 e. The molecule has 0 spiro atoms. The van der Waals surface area contributed by atoms with E-state index in [-0.39, 0.29) is 32.2 Å². The van der Waals surface area contributed by atoms with Crippen molar-refractivity contribution in [3.05, 3.63) is 109 Å². The Labute approximate surface area is 600 Å². The van der Waals surface area contributed by atoms with Gasteiger partial charge in [-0.05, 0) is 103 Å². The SMILES string of the molecule is CC/C=C\C/C=C\C/C=C\C/C=C\C/C=C\C/C=C\CCCCCCCCCCCCCCCCC(=O)OC(COC(=O)CCCCCCCCCCCCCCCCCCCCCCCCCC/C=C\C/C=C\C/C=C\CCCCCCC)COC(OCC[N+](C)(C)C)C(=O)O. The summed E-state index contributed by atoms with van der Waals surface area (Å²) in [6, 6.07) is 0. The first-order chi connectivity index (χ1) is 47.6. The number of aliphatic carboxylic acids is 1. The Balaban J connectivity index is 3.99. The Morgan fingerprint density at radius 2 is 0.588 bits per heavy atom. The van der Waals surface area contributed by atoms with Gasteiger partial charge in [0.25, 0.3) is 6.29 Å². The molecule has 0 fully saturated rings. The Morgan fingerprint density at radius 1 is 0.320 bits per heavy atom. The molecule has 97 heavy (non-hydrogen) atoms. The van der Waals surface area contributed by atoms with Gasteiger partial charge in [0, 0.05) is 12.8 Å². The van der Waals surface area contributed by atoms with Crippen LogP contribution in [0.1, 0.15) is 373 Å². The topological polar surface area (TPSA) is 108 Å². The molecule has 0 heterocycles. The minimum absolute atomic E-state index is 0.182. The number of allylic oxidation sites excluding steroid dienone is 18. The van der Waals surface area contributed by atoms with E-state index >= 15 is 0 Å². The summed E-state index contributed by atoms with van der Waals surface area (Å²) in [5.41, 5.74) is 0. The fourth-order valence-electron chi connectivity index (χ4n) is 11.8. The molecular formula is C88H156NO8+. The van der Waals surface area contributed by atoms with Crippen LogP contribution in [0.3, 0.4) is 0 Å². The molecule has 1 N–H and O–H groups in total. The molecule has 0 aliphatic carbocycles. The Morgan fingerprint density at radius 3 is 0.876 bits per heavy atom. The minimum Gasteiger partial charge on any atom is -0.477 e. The summed E-state index contributed by atoms with van der Waals surface area (Å²) in [7, 11) is 5.99. The predicted molar refractivity (Wildman–Crippen MR) is 419 cm³/mol. The molecule has 0 aromatic rings. The van der Waals surface area contributed by atoms with Crippen LogP contribution in [0.2, 0.25) is 0 Å². The van der Waals surface area contributed by atoms with E-state index in [1.165, 1.54) is 257 Å². The summed E-state index contributed by atoms with van der Waals surface area (Å²) < 4.78 is 23.1. The predicted octanol–water partition coefficient (Wildman–Crippen LogP) is 26.5. The third-order valence-electron chi connectivity index (χ3n) is 18.0. The van der Waals surface area contributed by atoms with Crippen LogP contribution in [0.5, 0.6) is 0 Å². The number of unbranched alkanes of at least 4 members (excludes halogenated alkanes) is 43. The van der Waals surface area contributed by atoms with Crippen molar-refractivity contribution < 1.29 is 42.9 Å². The maximum absolute atomic E-state index is 13.0. The summed E-state index contributed by atoms with van der Waals surface area (Å²) in [6.07, 6.45) is 107. The quantitative estimate of drug-likeness (QED) is 0.0211. The first kappa shape index (κ1) is 93.0. The van der Waals surface area contributed by atoms with Crippen LogP contribution >= 0.6 is 0 Å². The molecule has 0 aliphatic rings. The standard InChI is InChI=1S/C88H155NO8/c1-6-8-10-12-14-16-18-20-22-24-26-28-30-32-34-36-38-40-41-42-43-44-45-47-48-50-52-54-56-58-60-62-64-66-68-70-72-74-76-78-85(90)95-82-84(83-96-88(87(92)93)94-81-80-89(3,4)5)97-86(91)79-77-75-73-71-69-67-65-63-61-59-57-55-53-51-49-46-39-37-35-33-31-29-27-25-23-21-19-17-15-13-11-9-7-2/h9,11,15,17-18,20-21,23-24,26-27,29-30,32-33,35,39,46,84,88H,6-8,10,12-14,16,19,22,25,28,31,34,36-38,40-45,47-83H2,1-5H3/p+1/b11-9-,17-15-,20-18-,23-21-,26-24-,29-27-,32-30-,35-33-,46-39-. The van der Waals surface area contributed by atoms with E-state index < -0.39 is 24.3 Å². The number of carboxylic acids is 1. The lowest BCUT2D eigenvalue weighted by Crippen LogP contribution is -2.40. The lowest BCUT2D eigenvalue weighted by atomic mass is 10.0. The molecule has 0 aliphatic heterocycles. The van der Waals surface area contributed by atoms with Gasteiger partial charge in [-0.3, -0.25) is 9.59 Å². The van der Waals surface area contributed by atoms with Gasteiger partial charge in [0.2, 0.25) is 0 Å². The number of rotatable bonds is 76. The summed E-state index contributed by atoms with van der Waals surface area (Å²) in [4.78, 5) is 37.8. The van der Waals surface area contributed by atoms with E-state index in [9.17, 15) is 19.5 Å². The molecule has 2 atom stereocenters. The molecule has 0 aromatic carbocycles. The Bertz CT molecular complexity index is 1970. The van der Waals surface area contributed by atoms with Crippen molar-refractivity contribution in [3.63, 3.8) is 0 Å². The molecular weight excluding hydrogens is 1200 g/mol. The minimum atomic E-state index is -1.51. The van der Waals surface area contributed by atoms with Gasteiger partial charge in [0.05, 0.1) is 34.4 Å². The van der Waals surface area contributed by atoms with Gasteiger partial charge in [0.1, 0.15) is 13.2 Å². The number of hydrogen-bond acceptors (Lipinski definition) is 7. The summed E-state index contributed by atoms with van der Waals surface area (Å²) in [6.45, 7) is 4.79. The van der Waals surface area contributed by atoms with Crippen LogP contribution in [-0.2, 0) is 33.3 Å². The second-order valence-electron chi connectivity index (χ2n) is 28.7. The van der Waals surface area contributed by atoms with Crippen LogP contribution in [0.4, 0.5) is 0 Å². The number of carbonyl (C=O) groups is 3. The highest BCUT2D eigenvalue weighted by Crippen LogP contribution is 2.19. The molecule has 560 valence electrons. The number of nitrogens with zero attached hydrogens (tertiary/aromatic N) is 1. The number of carboxylic acid groups (broad SMARTS) is 1. The van der Waals surface area contributed by atoms with Gasteiger partial charge in [-0.1, -0.05) is 367 Å². The zero-order chi connectivity index (χ0) is 70.4. The lowest BCUT2D eigenvalue weighted by Gasteiger charge is -2.25. The lowest BCUT2D eigenvalue weighted by molar-refractivity contribution is -0.870. The molecule has 0 amide bonds. The number of carbonyl (C=O) groups excluding carboxylic acids is 2. The summed E-state index contributed by atoms with van der Waals surface area (Å²) in [5.74, 6) is -1.99. The van der Waals surface area contributed by atoms with Gasteiger partial charge in [-0.15, -0.1) is 0 Å². The van der Waals surface area contributed by atoms with Crippen LogP contribution in [0.25, 0.3) is 0 Å². The van der Waals surface area contributed by atoms with Crippen LogP contribution in [0.15, 0.2) is 109 Å². The van der Waals surface area contributed by atoms with Crippen molar-refractivity contribution in [2.75, 3.05) is 47.5 Å². The van der Waals surface area contributed by atoms with Crippen LogP contribution < -0.4 is 0 Å². The molecule has 0 bridgehead atoms. The van der Waals surface area contributed by atoms with Crippen molar-refractivity contribution in [3.8, 4) is 0 Å². The van der Waals surface area contributed by atoms with E-state index in [1.807, 2.05) is 21.1 Å². The fraction of sp³-hybridized carbons (Fsp3) is 0.761. The zero-order valence-electron chi connectivity index (χ0n) is 64.2. The van der Waals surface area contributed by atoms with Gasteiger partial charge < -0.3 is 28.5 Å².